The first-order chi connectivity index (χ1) is 10.0. The minimum Gasteiger partial charge on any atom is -0.496 e. The zero-order chi connectivity index (χ0) is 15.4. The maximum atomic E-state index is 12.4. The molecule has 1 aromatic carbocycles. The van der Waals surface area contributed by atoms with E-state index in [-0.39, 0.29) is 11.1 Å². The molecule has 110 valence electrons. The molecule has 21 heavy (non-hydrogen) atoms. The first-order valence-electron chi connectivity index (χ1n) is 6.21. The van der Waals surface area contributed by atoms with Crippen LogP contribution in [0.2, 0.25) is 5.15 Å². The van der Waals surface area contributed by atoms with Gasteiger partial charge in [-0.2, -0.15) is 0 Å². The first-order valence-corrected chi connectivity index (χ1v) is 7.38. The number of benzene rings is 1. The topological polar surface area (TPSA) is 42.4 Å². The number of halogens is 2. The van der Waals surface area contributed by atoms with Crippen LogP contribution in [0.15, 0.2) is 41.0 Å². The van der Waals surface area contributed by atoms with Gasteiger partial charge in [0.05, 0.1) is 12.7 Å². The van der Waals surface area contributed by atoms with E-state index in [1.807, 2.05) is 18.2 Å². The summed E-state index contributed by atoms with van der Waals surface area (Å²) in [5, 5.41) is 0.204. The van der Waals surface area contributed by atoms with Crippen molar-refractivity contribution < 1.29 is 9.53 Å². The summed E-state index contributed by atoms with van der Waals surface area (Å²) in [5.41, 5.74) is 1.29. The summed E-state index contributed by atoms with van der Waals surface area (Å²) in [6.45, 7) is 0.409. The van der Waals surface area contributed by atoms with Crippen molar-refractivity contribution >= 4 is 33.4 Å². The van der Waals surface area contributed by atoms with Gasteiger partial charge in [-0.3, -0.25) is 4.79 Å². The number of carbonyl (C=O) groups is 1. The minimum atomic E-state index is -0.185. The van der Waals surface area contributed by atoms with Crippen molar-refractivity contribution in [3.63, 3.8) is 0 Å². The smallest absolute Gasteiger partial charge is 0.257 e. The molecule has 2 rings (SSSR count). The van der Waals surface area contributed by atoms with Crippen LogP contribution in [-0.2, 0) is 6.54 Å². The van der Waals surface area contributed by atoms with E-state index in [0.717, 1.165) is 15.8 Å². The Morgan fingerprint density at radius 1 is 1.43 bits per heavy atom. The Balaban J connectivity index is 2.22. The summed E-state index contributed by atoms with van der Waals surface area (Å²) in [6.07, 6.45) is 1.55. The summed E-state index contributed by atoms with van der Waals surface area (Å²) >= 11 is 9.38. The van der Waals surface area contributed by atoms with Gasteiger partial charge >= 0.3 is 0 Å². The van der Waals surface area contributed by atoms with E-state index in [1.54, 1.807) is 37.4 Å². The van der Waals surface area contributed by atoms with Crippen molar-refractivity contribution in [2.45, 2.75) is 6.54 Å². The van der Waals surface area contributed by atoms with Gasteiger partial charge in [0.25, 0.3) is 5.91 Å². The fourth-order valence-electron chi connectivity index (χ4n) is 1.95. The monoisotopic (exact) mass is 368 g/mol. The SMILES string of the molecule is COc1ccc(Br)cc1CN(C)C(=O)c1cccnc1Cl. The average molecular weight is 370 g/mol. The molecule has 0 atom stereocenters. The molecule has 0 saturated heterocycles. The highest BCUT2D eigenvalue weighted by molar-refractivity contribution is 9.10. The van der Waals surface area contributed by atoms with Gasteiger partial charge in [-0.05, 0) is 30.3 Å². The van der Waals surface area contributed by atoms with Gasteiger partial charge in [0.15, 0.2) is 0 Å². The Morgan fingerprint density at radius 3 is 2.86 bits per heavy atom. The lowest BCUT2D eigenvalue weighted by Crippen LogP contribution is -2.26. The van der Waals surface area contributed by atoms with Crippen LogP contribution in [0.5, 0.6) is 5.75 Å². The van der Waals surface area contributed by atoms with Crippen LogP contribution in [0.4, 0.5) is 0 Å². The van der Waals surface area contributed by atoms with Crippen molar-refractivity contribution in [1.82, 2.24) is 9.88 Å². The third-order valence-electron chi connectivity index (χ3n) is 2.99. The molecule has 0 fully saturated rings. The number of ether oxygens (including phenoxy) is 1. The molecule has 1 aromatic heterocycles. The second kappa shape index (κ2) is 6.91. The van der Waals surface area contributed by atoms with Crippen molar-refractivity contribution in [1.29, 1.82) is 0 Å². The van der Waals surface area contributed by atoms with Crippen LogP contribution in [0.1, 0.15) is 15.9 Å². The van der Waals surface area contributed by atoms with Crippen LogP contribution in [0, 0.1) is 0 Å². The Bertz CT molecular complexity index is 664. The minimum absolute atomic E-state index is 0.185. The van der Waals surface area contributed by atoms with Crippen molar-refractivity contribution in [3.8, 4) is 5.75 Å². The van der Waals surface area contributed by atoms with Crippen LogP contribution < -0.4 is 4.74 Å². The number of rotatable bonds is 4. The Morgan fingerprint density at radius 2 is 2.19 bits per heavy atom. The molecule has 0 N–H and O–H groups in total. The second-order valence-electron chi connectivity index (χ2n) is 4.46. The molecule has 0 saturated carbocycles. The van der Waals surface area contributed by atoms with E-state index < -0.39 is 0 Å². The number of methoxy groups -OCH3 is 1. The van der Waals surface area contributed by atoms with Crippen molar-refractivity contribution in [2.24, 2.45) is 0 Å². The van der Waals surface area contributed by atoms with Crippen molar-refractivity contribution in [3.05, 3.63) is 57.3 Å². The van der Waals surface area contributed by atoms with E-state index >= 15 is 0 Å². The highest BCUT2D eigenvalue weighted by atomic mass is 79.9. The number of hydrogen-bond donors (Lipinski definition) is 0. The maximum absolute atomic E-state index is 12.4. The Kier molecular flexibility index (Phi) is 5.20. The van der Waals surface area contributed by atoms with Gasteiger partial charge in [-0.25, -0.2) is 4.98 Å². The number of hydrogen-bond acceptors (Lipinski definition) is 3. The quantitative estimate of drug-likeness (QED) is 0.770. The van der Waals surface area contributed by atoms with E-state index in [9.17, 15) is 4.79 Å². The number of pyridine rings is 1. The Labute approximate surface area is 136 Å². The molecule has 0 aliphatic rings. The van der Waals surface area contributed by atoms with Gasteiger partial charge in [-0.15, -0.1) is 0 Å². The van der Waals surface area contributed by atoms with Crippen molar-refractivity contribution in [2.75, 3.05) is 14.2 Å². The summed E-state index contributed by atoms with van der Waals surface area (Å²) in [4.78, 5) is 17.9. The maximum Gasteiger partial charge on any atom is 0.257 e. The zero-order valence-electron chi connectivity index (χ0n) is 11.6. The lowest BCUT2D eigenvalue weighted by molar-refractivity contribution is 0.0784. The predicted molar refractivity (Wildman–Crippen MR) is 85.7 cm³/mol. The molecule has 1 heterocycles. The van der Waals surface area contributed by atoms with Gasteiger partial charge in [0.2, 0.25) is 0 Å². The molecule has 0 bridgehead atoms. The lowest BCUT2D eigenvalue weighted by Gasteiger charge is -2.19. The molecule has 1 amide bonds. The highest BCUT2D eigenvalue weighted by Crippen LogP contribution is 2.25. The molecule has 0 aliphatic carbocycles. The average Bonchev–Trinajstić information content (AvgIpc) is 2.47. The van der Waals surface area contributed by atoms with Gasteiger partial charge in [0, 0.05) is 29.8 Å². The number of nitrogens with zero attached hydrogens (tertiary/aromatic N) is 2. The third kappa shape index (κ3) is 3.74. The molecule has 2 aromatic rings. The molecule has 0 radical (unpaired) electrons. The highest BCUT2D eigenvalue weighted by Gasteiger charge is 2.17. The van der Waals surface area contributed by atoms with Crippen LogP contribution in [0.3, 0.4) is 0 Å². The molecular weight excluding hydrogens is 356 g/mol. The van der Waals surface area contributed by atoms with Gasteiger partial charge < -0.3 is 9.64 Å². The van der Waals surface area contributed by atoms with Gasteiger partial charge in [-0.1, -0.05) is 27.5 Å². The fourth-order valence-corrected chi connectivity index (χ4v) is 2.56. The van der Waals surface area contributed by atoms with Crippen LogP contribution in [0.25, 0.3) is 0 Å². The van der Waals surface area contributed by atoms with E-state index in [2.05, 4.69) is 20.9 Å². The molecular formula is C15H14BrClN2O2. The summed E-state index contributed by atoms with van der Waals surface area (Å²) in [6, 6.07) is 9.02. The van der Waals surface area contributed by atoms with Gasteiger partial charge in [0.1, 0.15) is 10.9 Å². The van der Waals surface area contributed by atoms with E-state index in [1.165, 1.54) is 0 Å². The van der Waals surface area contributed by atoms with Crippen LogP contribution >= 0.6 is 27.5 Å². The largest absolute Gasteiger partial charge is 0.496 e. The third-order valence-corrected chi connectivity index (χ3v) is 3.78. The fraction of sp³-hybridized carbons (Fsp3) is 0.200. The standard InChI is InChI=1S/C15H14BrClN2O2/c1-19(15(20)12-4-3-7-18-14(12)17)9-10-8-11(16)5-6-13(10)21-2/h3-8H,9H2,1-2H3. The normalized spacial score (nSPS) is 10.3. The molecule has 0 unspecified atom stereocenters. The number of carbonyl (C=O) groups excluding carboxylic acids is 1. The summed E-state index contributed by atoms with van der Waals surface area (Å²) in [5.74, 6) is 0.547. The number of amides is 1. The van der Waals surface area contributed by atoms with E-state index in [4.69, 9.17) is 16.3 Å². The van der Waals surface area contributed by atoms with E-state index in [0.29, 0.717) is 12.1 Å². The molecule has 6 heteroatoms. The summed E-state index contributed by atoms with van der Waals surface area (Å²) < 4.78 is 6.24. The molecule has 0 aliphatic heterocycles. The summed E-state index contributed by atoms with van der Waals surface area (Å²) in [7, 11) is 3.32. The molecule has 4 nitrogen and oxygen atoms in total. The van der Waals surface area contributed by atoms with Crippen LogP contribution in [-0.4, -0.2) is 29.9 Å². The second-order valence-corrected chi connectivity index (χ2v) is 5.73. The number of aromatic nitrogens is 1. The molecule has 0 spiro atoms. The first kappa shape index (κ1) is 15.8. The lowest BCUT2D eigenvalue weighted by atomic mass is 10.1. The Hall–Kier alpha value is -1.59. The zero-order valence-corrected chi connectivity index (χ0v) is 14.0. The predicted octanol–water partition coefficient (Wildman–Crippen LogP) is 3.78.